The quantitative estimate of drug-likeness (QED) is 0.00772. The van der Waals surface area contributed by atoms with Gasteiger partial charge < -0.3 is 79.0 Å². The van der Waals surface area contributed by atoms with Crippen LogP contribution in [0.4, 0.5) is 0 Å². The predicted molar refractivity (Wildman–Crippen MR) is 304 cm³/mol. The number of hydrogen-bond donors (Lipinski definition) is 4. The molecule has 0 saturated carbocycles. The summed E-state index contributed by atoms with van der Waals surface area (Å²) in [6, 6.07) is 0. The van der Waals surface area contributed by atoms with Gasteiger partial charge >= 0.3 is 88.7 Å². The van der Waals surface area contributed by atoms with Gasteiger partial charge in [-0.2, -0.15) is 9.90 Å². The monoisotopic (exact) mass is 1260 g/mol. The molecule has 2 unspecified atom stereocenters. The number of terminal acetylenes is 1. The van der Waals surface area contributed by atoms with Crippen LogP contribution in [0.1, 0.15) is 110 Å². The molecule has 0 amide bonds. The van der Waals surface area contributed by atoms with Crippen molar-refractivity contribution in [3.05, 3.63) is 50.6 Å². The largest absolute Gasteiger partial charge is 1.00 e. The average molecular weight is 1260 g/mol. The molecule has 0 aliphatic carbocycles. The maximum absolute atomic E-state index is 9.76. The second-order valence-electron chi connectivity index (χ2n) is 13.1. The third-order valence-corrected chi connectivity index (χ3v) is 7.63. The Hall–Kier alpha value is 0.900. The molecule has 2 heterocycles. The fraction of sp³-hybridized carbons (Fsp3) is 0.708. The van der Waals surface area contributed by atoms with Crippen LogP contribution < -0.4 is 104 Å². The van der Waals surface area contributed by atoms with E-state index >= 15 is 0 Å². The molecule has 0 spiro atoms. The van der Waals surface area contributed by atoms with Gasteiger partial charge in [-0.05, 0) is 101 Å². The van der Waals surface area contributed by atoms with Gasteiger partial charge in [0.25, 0.3) is 0 Å². The van der Waals surface area contributed by atoms with Crippen LogP contribution in [-0.4, -0.2) is 148 Å². The van der Waals surface area contributed by atoms with Crippen molar-refractivity contribution < 1.29 is 168 Å². The molecule has 5 N–H and O–H groups in total. The minimum absolute atomic E-state index is 0. The first kappa shape index (κ1) is 115. The molecule has 27 heteroatoms. The topological polar surface area (TPSA) is 275 Å². The Bertz CT molecular complexity index is 1170. The second kappa shape index (κ2) is 103. The van der Waals surface area contributed by atoms with E-state index in [9.17, 15) is 4.79 Å². The molecule has 0 aromatic rings. The molecule has 0 aromatic heterocycles. The van der Waals surface area contributed by atoms with Crippen LogP contribution in [-0.2, 0) is 52.3 Å². The van der Waals surface area contributed by atoms with E-state index in [-0.39, 0.29) is 176 Å². The number of rotatable bonds is 26. The van der Waals surface area contributed by atoms with E-state index in [4.69, 9.17) is 72.8 Å². The second-order valence-corrected chi connectivity index (χ2v) is 13.7. The summed E-state index contributed by atoms with van der Waals surface area (Å²) in [5.41, 5.74) is 1.10. The molecule has 1 fully saturated rings. The van der Waals surface area contributed by atoms with E-state index in [1.807, 2.05) is 54.5 Å². The summed E-state index contributed by atoms with van der Waals surface area (Å²) in [7, 11) is 0. The summed E-state index contributed by atoms with van der Waals surface area (Å²) in [6.45, 7) is 37.8. The van der Waals surface area contributed by atoms with E-state index in [0.717, 1.165) is 56.5 Å². The van der Waals surface area contributed by atoms with Gasteiger partial charge in [0, 0.05) is 38.3 Å². The maximum atomic E-state index is 9.76. The van der Waals surface area contributed by atoms with Crippen molar-refractivity contribution in [2.24, 2.45) is 22.1 Å². The van der Waals surface area contributed by atoms with Crippen molar-refractivity contribution in [2.75, 3.05) is 64.8 Å². The Morgan fingerprint density at radius 2 is 1.19 bits per heavy atom. The van der Waals surface area contributed by atoms with Crippen molar-refractivity contribution in [2.45, 2.75) is 152 Å². The number of carbonyl (C=O) groups is 2. The SMILES string of the molecule is C.C#C.C=CCC(C)OCC(OCC)OCC.C=CC[C@H](C)O.C=CC[C@H](C)OC/C=N\O.C=CC[C@H](C)OCC=O.CC(=O)[O-].CCOC(CBr)OCC.C[C@H]1C[C@H]2CON=C2CO1.Cl.Cl.NO.P.[H-].[Na+].[Na+].[Na+].[O-]Cl. The molecule has 2 aliphatic rings. The molecule has 0 aromatic carbocycles. The summed E-state index contributed by atoms with van der Waals surface area (Å²) < 4.78 is 49.8. The number of carboxylic acid groups (broad SMARTS) is 1. The molecule has 1 saturated heterocycles. The normalized spacial score (nSPS) is 13.8. The summed E-state index contributed by atoms with van der Waals surface area (Å²) in [5.74, 6) is 2.96. The molecule has 2 aliphatic heterocycles. The zero-order valence-corrected chi connectivity index (χ0v) is 58.5. The Morgan fingerprint density at radius 3 is 1.49 bits per heavy atom. The Kier molecular flexibility index (Phi) is 158. The summed E-state index contributed by atoms with van der Waals surface area (Å²) in [5, 5.41) is 39.3. The predicted octanol–water partition coefficient (Wildman–Crippen LogP) is -1.02. The van der Waals surface area contributed by atoms with Gasteiger partial charge in [0.1, 0.15) is 19.5 Å². The van der Waals surface area contributed by atoms with Crippen molar-refractivity contribution in [1.82, 2.24) is 0 Å². The molecule has 438 valence electrons. The van der Waals surface area contributed by atoms with E-state index < -0.39 is 5.97 Å². The third kappa shape index (κ3) is 111. The van der Waals surface area contributed by atoms with Crippen molar-refractivity contribution >= 4 is 86.7 Å². The van der Waals surface area contributed by atoms with Crippen LogP contribution in [0.3, 0.4) is 0 Å². The number of aliphatic carboxylic acids is 1. The van der Waals surface area contributed by atoms with Crippen molar-refractivity contribution in [1.29, 1.82) is 0 Å². The first-order chi connectivity index (χ1) is 32.6. The molecule has 75 heavy (non-hydrogen) atoms. The number of aldehydes is 1. The zero-order valence-electron chi connectivity index (χ0n) is 48.1. The summed E-state index contributed by atoms with van der Waals surface area (Å²) >= 11 is 6.66. The van der Waals surface area contributed by atoms with E-state index in [0.29, 0.717) is 64.7 Å². The summed E-state index contributed by atoms with van der Waals surface area (Å²) in [4.78, 5) is 23.6. The smallest absolute Gasteiger partial charge is 1.00 e. The number of fused-ring (bicyclic) bond motifs is 1. The Balaban J connectivity index is -0.0000000388. The maximum Gasteiger partial charge on any atom is 1.00 e. The van der Waals surface area contributed by atoms with Crippen LogP contribution in [0, 0.1) is 18.8 Å². The number of aliphatic hydroxyl groups is 1. The van der Waals surface area contributed by atoms with Crippen molar-refractivity contribution in [3.8, 4) is 12.8 Å². The number of carbonyl (C=O) groups excluding carboxylic acids is 2. The van der Waals surface area contributed by atoms with E-state index in [1.165, 1.54) is 6.21 Å². The number of nitrogens with zero attached hydrogens (tertiary/aromatic N) is 2. The number of carboxylic acids is 1. The van der Waals surface area contributed by atoms with Gasteiger partial charge in [0.2, 0.25) is 0 Å². The number of hydrogen-bond acceptors (Lipinski definition) is 19. The van der Waals surface area contributed by atoms with Gasteiger partial charge in [-0.15, -0.1) is 64.0 Å². The number of alkyl halides is 1. The van der Waals surface area contributed by atoms with Crippen LogP contribution in [0.5, 0.6) is 0 Å². The molecular formula is C48H99BrCl3N3Na3O16P. The van der Waals surface area contributed by atoms with Crippen molar-refractivity contribution in [3.63, 3.8) is 0 Å². The van der Waals surface area contributed by atoms with Crippen LogP contribution in [0.15, 0.2) is 60.9 Å². The van der Waals surface area contributed by atoms with Gasteiger partial charge in [-0.25, -0.2) is 17.8 Å². The van der Waals surface area contributed by atoms with Gasteiger partial charge in [-0.3, -0.25) is 0 Å². The number of halogens is 4. The number of nitrogens with two attached hydrogens (primary N) is 1. The average Bonchev–Trinajstić information content (AvgIpc) is 3.79. The molecule has 7 atom stereocenters. The van der Waals surface area contributed by atoms with Crippen LogP contribution in [0.2, 0.25) is 0 Å². The Morgan fingerprint density at radius 1 is 0.827 bits per heavy atom. The molecule has 0 bridgehead atoms. The van der Waals surface area contributed by atoms with Gasteiger partial charge in [-0.1, -0.05) is 58.0 Å². The minimum atomic E-state index is -1.08. The molecule has 2 rings (SSSR count). The van der Waals surface area contributed by atoms with Gasteiger partial charge in [0.15, 0.2) is 12.6 Å². The number of oxime groups is 2. The number of aliphatic hydroxyl groups excluding tert-OH is 1. The van der Waals surface area contributed by atoms with E-state index in [2.05, 4.69) is 90.1 Å². The van der Waals surface area contributed by atoms with Crippen LogP contribution in [0.25, 0.3) is 0 Å². The first-order valence-corrected chi connectivity index (χ1v) is 23.3. The summed E-state index contributed by atoms with van der Waals surface area (Å²) in [6.07, 6.45) is 21.7. The molecular weight excluding hydrogens is 1160 g/mol. The molecule has 19 nitrogen and oxygen atoms in total. The molecule has 0 radical (unpaired) electrons. The van der Waals surface area contributed by atoms with Gasteiger partial charge in [0.05, 0.1) is 67.6 Å². The Labute approximate surface area is 551 Å². The number of ether oxygens (including phenoxy) is 8. The van der Waals surface area contributed by atoms with E-state index in [1.54, 1.807) is 25.2 Å². The minimum Gasteiger partial charge on any atom is -1.00 e. The standard InChI is InChI=1S/C11H22O3.C7H11NO2.C7H13NO2.C7H12O2.C6H13BrO2.C5H10O.C2H4O2.C2H2.CH4.ClO.2ClH.H3NO.3Na.H3P.H/c1-5-8-10(4)14-9-11(12-6-2)13-7-3;1-5-2-6-3-10-8-7(6)4-9-5;1-3-4-7(2)10-6-5-8-9;1-3-4-7(2)9-6-5-8;1-3-8-6(5-7)9-4-2;1-3-4-5(2)6;1-2(3)4;1-2;;1-2;;;1-2;;;;;/h5,10-11H,1,6-9H2,2-4H3;5-6H,2-4H2,1H3;3,5,7,9H,1,4,6H2,2H3;3,5,7H,1,4,6H2,2H3;6H,3-5H2,1-2H3;3,5-6H,1,4H2,2H3;1H3,(H,3,4);1-2H;1H4;;2*1H;2H,1H2;;;;1H3;/q;;;;;;;;;-1;;;;3*+1;;-1/p-1/b;;8-5-;;;;;;;;;;;;;;;/t;5-,6-;2*7-;;5-;;;;;;;;;;;;/m.000.0............/s1. The zero-order chi connectivity index (χ0) is 54.4. The fourth-order valence-corrected chi connectivity index (χ4v) is 4.66. The fourth-order valence-electron chi connectivity index (χ4n) is 4.29. The first-order valence-electron chi connectivity index (χ1n) is 21.9. The van der Waals surface area contributed by atoms with Crippen LogP contribution >= 0.6 is 62.5 Å². The third-order valence-electron chi connectivity index (χ3n) is 7.10.